The zero-order valence-electron chi connectivity index (χ0n) is 32.2. The van der Waals surface area contributed by atoms with Crippen LogP contribution in [0.3, 0.4) is 0 Å². The van der Waals surface area contributed by atoms with Gasteiger partial charge < -0.3 is 9.13 Å². The Balaban J connectivity index is 1.27. The van der Waals surface area contributed by atoms with Crippen LogP contribution in [0.25, 0.3) is 100 Å². The fourth-order valence-electron chi connectivity index (χ4n) is 8.83. The summed E-state index contributed by atoms with van der Waals surface area (Å²) in [7, 11) is 0. The highest BCUT2D eigenvalue weighted by molar-refractivity contribution is 6.27. The maximum absolute atomic E-state index is 11.2. The third-order valence-electron chi connectivity index (χ3n) is 11.4. The van der Waals surface area contributed by atoms with E-state index in [1.807, 2.05) is 91.0 Å². The van der Waals surface area contributed by atoms with E-state index in [1.54, 1.807) is 0 Å². The molecule has 60 heavy (non-hydrogen) atoms. The second-order valence-electron chi connectivity index (χ2n) is 14.8. The predicted molar refractivity (Wildman–Crippen MR) is 242 cm³/mol. The van der Waals surface area contributed by atoms with Crippen LogP contribution in [0.5, 0.6) is 0 Å². The zero-order chi connectivity index (χ0) is 40.2. The maximum Gasteiger partial charge on any atom is 0.160 e. The standard InChI is InChI=1S/C54H32N6/c55-33-38-31-37(52-45(34-56)51(35-17-5-1-6-18-35)57-54(58-52)36-19-7-2-8-20-36)29-30-41(38)50-49-43-26-14-16-28-47(43)59(39-21-9-3-10-22-39)48(49)32-44-42-25-13-15-27-46(42)60(53(44)50)40-23-11-4-12-24-40/h1-32H. The number of hydrogen-bond acceptors (Lipinski definition) is 4. The van der Waals surface area contributed by atoms with E-state index in [2.05, 4.69) is 124 Å². The summed E-state index contributed by atoms with van der Waals surface area (Å²) in [4.78, 5) is 10.0. The minimum Gasteiger partial charge on any atom is -0.309 e. The first kappa shape index (κ1) is 34.7. The Hall–Kier alpha value is -8.58. The van der Waals surface area contributed by atoms with E-state index < -0.39 is 0 Å². The molecule has 0 unspecified atom stereocenters. The molecule has 11 rings (SSSR count). The van der Waals surface area contributed by atoms with Crippen molar-refractivity contribution in [2.45, 2.75) is 0 Å². The van der Waals surface area contributed by atoms with Crippen LogP contribution in [-0.2, 0) is 0 Å². The number of rotatable bonds is 6. The van der Waals surface area contributed by atoms with Crippen LogP contribution in [0.4, 0.5) is 0 Å². The molecule has 0 amide bonds. The summed E-state index contributed by atoms with van der Waals surface area (Å²) >= 11 is 0. The smallest absolute Gasteiger partial charge is 0.160 e. The van der Waals surface area contributed by atoms with E-state index in [9.17, 15) is 10.5 Å². The molecule has 8 aromatic carbocycles. The molecule has 0 radical (unpaired) electrons. The zero-order valence-corrected chi connectivity index (χ0v) is 32.2. The molecule has 0 saturated heterocycles. The first-order chi connectivity index (χ1) is 29.7. The van der Waals surface area contributed by atoms with Gasteiger partial charge in [-0.3, -0.25) is 0 Å². The molecule has 0 fully saturated rings. The Kier molecular flexibility index (Phi) is 8.15. The van der Waals surface area contributed by atoms with Crippen LogP contribution in [0.2, 0.25) is 0 Å². The summed E-state index contributed by atoms with van der Waals surface area (Å²) < 4.78 is 4.67. The summed E-state index contributed by atoms with van der Waals surface area (Å²) in [6.07, 6.45) is 0. The summed E-state index contributed by atoms with van der Waals surface area (Å²) in [5.41, 5.74) is 12.1. The molecule has 0 saturated carbocycles. The summed E-state index contributed by atoms with van der Waals surface area (Å²) in [5.74, 6) is 0.499. The van der Waals surface area contributed by atoms with E-state index in [-0.39, 0.29) is 0 Å². The topological polar surface area (TPSA) is 83.2 Å². The Morgan fingerprint density at radius 1 is 0.417 bits per heavy atom. The highest BCUT2D eigenvalue weighted by Gasteiger charge is 2.26. The van der Waals surface area contributed by atoms with Gasteiger partial charge >= 0.3 is 0 Å². The van der Waals surface area contributed by atoms with Gasteiger partial charge in [-0.25, -0.2) is 9.97 Å². The fourth-order valence-corrected chi connectivity index (χ4v) is 8.83. The van der Waals surface area contributed by atoms with E-state index in [1.165, 1.54) is 0 Å². The van der Waals surface area contributed by atoms with Gasteiger partial charge in [0, 0.05) is 60.7 Å². The largest absolute Gasteiger partial charge is 0.309 e. The Morgan fingerprint density at radius 2 is 0.950 bits per heavy atom. The van der Waals surface area contributed by atoms with Gasteiger partial charge in [-0.15, -0.1) is 0 Å². The second-order valence-corrected chi connectivity index (χ2v) is 14.8. The van der Waals surface area contributed by atoms with Crippen molar-refractivity contribution < 1.29 is 0 Å². The monoisotopic (exact) mass is 764 g/mol. The average Bonchev–Trinajstić information content (AvgIpc) is 3.84. The number of para-hydroxylation sites is 4. The molecule has 0 bridgehead atoms. The molecule has 6 heteroatoms. The molecule has 0 aliphatic rings. The van der Waals surface area contributed by atoms with Crippen molar-refractivity contribution in [1.82, 2.24) is 19.1 Å². The Labute approximate surface area is 345 Å². The van der Waals surface area contributed by atoms with Gasteiger partial charge in [0.05, 0.1) is 45.1 Å². The molecule has 3 heterocycles. The average molecular weight is 765 g/mol. The summed E-state index contributed by atoms with van der Waals surface area (Å²) in [6.45, 7) is 0. The van der Waals surface area contributed by atoms with Gasteiger partial charge in [-0.1, -0.05) is 146 Å². The quantitative estimate of drug-likeness (QED) is 0.169. The highest BCUT2D eigenvalue weighted by Crippen LogP contribution is 2.48. The van der Waals surface area contributed by atoms with Crippen LogP contribution in [0.1, 0.15) is 11.1 Å². The Bertz CT molecular complexity index is 3530. The van der Waals surface area contributed by atoms with Crippen molar-refractivity contribution in [2.75, 3.05) is 0 Å². The lowest BCUT2D eigenvalue weighted by atomic mass is 9.90. The number of fused-ring (bicyclic) bond motifs is 6. The summed E-state index contributed by atoms with van der Waals surface area (Å²) in [5, 5.41) is 26.3. The molecule has 0 atom stereocenters. The molecule has 278 valence electrons. The first-order valence-corrected chi connectivity index (χ1v) is 19.8. The van der Waals surface area contributed by atoms with E-state index in [0.717, 1.165) is 77.2 Å². The van der Waals surface area contributed by atoms with E-state index in [4.69, 9.17) is 9.97 Å². The van der Waals surface area contributed by atoms with Crippen molar-refractivity contribution >= 4 is 43.6 Å². The van der Waals surface area contributed by atoms with Crippen LogP contribution in [-0.4, -0.2) is 19.1 Å². The molecule has 0 aliphatic carbocycles. The van der Waals surface area contributed by atoms with Gasteiger partial charge in [0.15, 0.2) is 5.82 Å². The minimum absolute atomic E-state index is 0.345. The van der Waals surface area contributed by atoms with Crippen molar-refractivity contribution in [3.8, 4) is 68.5 Å². The first-order valence-electron chi connectivity index (χ1n) is 19.8. The molecular weight excluding hydrogens is 733 g/mol. The maximum atomic E-state index is 11.2. The van der Waals surface area contributed by atoms with Crippen molar-refractivity contribution in [3.05, 3.63) is 205 Å². The Morgan fingerprint density at radius 3 is 1.58 bits per heavy atom. The number of benzene rings is 8. The molecule has 0 aliphatic heterocycles. The normalized spacial score (nSPS) is 11.3. The van der Waals surface area contributed by atoms with Crippen LogP contribution >= 0.6 is 0 Å². The fraction of sp³-hybridized carbons (Fsp3) is 0. The van der Waals surface area contributed by atoms with Gasteiger partial charge in [-0.05, 0) is 48.5 Å². The lowest BCUT2D eigenvalue weighted by Crippen LogP contribution is -2.02. The molecule has 0 N–H and O–H groups in total. The third kappa shape index (κ3) is 5.40. The van der Waals surface area contributed by atoms with E-state index >= 15 is 0 Å². The van der Waals surface area contributed by atoms with Crippen LogP contribution in [0.15, 0.2) is 194 Å². The number of aromatic nitrogens is 4. The van der Waals surface area contributed by atoms with Crippen molar-refractivity contribution in [1.29, 1.82) is 10.5 Å². The molecule has 11 aromatic rings. The molecule has 6 nitrogen and oxygen atoms in total. The van der Waals surface area contributed by atoms with E-state index in [0.29, 0.717) is 33.9 Å². The SMILES string of the molecule is N#Cc1cc(-c2nc(-c3ccccc3)nc(-c3ccccc3)c2C#N)ccc1-c1c2c3ccccc3n(-c3ccccc3)c2cc2c3ccccc3n(-c3ccccc3)c12. The van der Waals surface area contributed by atoms with Crippen LogP contribution in [0, 0.1) is 22.7 Å². The van der Waals surface area contributed by atoms with Crippen molar-refractivity contribution in [3.63, 3.8) is 0 Å². The second kappa shape index (κ2) is 14.1. The molecular formula is C54H32N6. The highest BCUT2D eigenvalue weighted by atomic mass is 15.0. The molecule has 3 aromatic heterocycles. The number of hydrogen-bond donors (Lipinski definition) is 0. The van der Waals surface area contributed by atoms with Gasteiger partial charge in [0.1, 0.15) is 11.6 Å². The van der Waals surface area contributed by atoms with Gasteiger partial charge in [0.2, 0.25) is 0 Å². The molecule has 0 spiro atoms. The lowest BCUT2D eigenvalue weighted by molar-refractivity contribution is 1.17. The lowest BCUT2D eigenvalue weighted by Gasteiger charge is -2.16. The van der Waals surface area contributed by atoms with Crippen LogP contribution < -0.4 is 0 Å². The number of nitriles is 2. The third-order valence-corrected chi connectivity index (χ3v) is 11.4. The predicted octanol–water partition coefficient (Wildman–Crippen LogP) is 13.1. The van der Waals surface area contributed by atoms with Gasteiger partial charge in [-0.2, -0.15) is 10.5 Å². The number of nitrogens with zero attached hydrogens (tertiary/aromatic N) is 6. The summed E-state index contributed by atoms with van der Waals surface area (Å²) in [6, 6.07) is 70.7. The minimum atomic E-state index is 0.345. The van der Waals surface area contributed by atoms with Gasteiger partial charge in [0.25, 0.3) is 0 Å². The van der Waals surface area contributed by atoms with Crippen molar-refractivity contribution in [2.24, 2.45) is 0 Å².